The molecule has 3 aromatic rings. The molecule has 8 heteroatoms. The quantitative estimate of drug-likeness (QED) is 0.579. The van der Waals surface area contributed by atoms with Crippen molar-refractivity contribution < 1.29 is 13.2 Å². The van der Waals surface area contributed by atoms with Crippen LogP contribution in [0, 0.1) is 0 Å². The number of nitrogens with one attached hydrogen (secondary N) is 1. The third-order valence-corrected chi connectivity index (χ3v) is 7.93. The predicted molar refractivity (Wildman–Crippen MR) is 130 cm³/mol. The van der Waals surface area contributed by atoms with Gasteiger partial charge >= 0.3 is 0 Å². The normalized spacial score (nSPS) is 17.3. The zero-order valence-corrected chi connectivity index (χ0v) is 19.1. The standard InChI is InChI=1S/C25H26N4O3S/c30-25(14-7-19-5-12-22(13-6-19)29-16-3-17-33(29,31)32)26-21-10-8-20(9-11-21)23-18-28-15-2-1-4-24(28)27-23/h5-14,18H,1-4,15-17H2,(H,26,30)/b14-7+. The molecule has 170 valence electrons. The van der Waals surface area contributed by atoms with Crippen molar-refractivity contribution in [3.8, 4) is 11.3 Å². The summed E-state index contributed by atoms with van der Waals surface area (Å²) in [5.74, 6) is 1.11. The van der Waals surface area contributed by atoms with Gasteiger partial charge in [-0.2, -0.15) is 0 Å². The second kappa shape index (κ2) is 8.86. The fraction of sp³-hybridized carbons (Fsp3) is 0.280. The molecule has 2 aromatic carbocycles. The number of anilines is 2. The molecule has 0 aliphatic carbocycles. The maximum absolute atomic E-state index is 12.3. The second-order valence-corrected chi connectivity index (χ2v) is 10.4. The first-order valence-electron chi connectivity index (χ1n) is 11.2. The number of nitrogens with zero attached hydrogens (tertiary/aromatic N) is 3. The van der Waals surface area contributed by atoms with Crippen LogP contribution in [0.25, 0.3) is 17.3 Å². The molecule has 0 bridgehead atoms. The molecule has 2 aliphatic rings. The number of imidazole rings is 1. The zero-order valence-electron chi connectivity index (χ0n) is 18.3. The summed E-state index contributed by atoms with van der Waals surface area (Å²) in [5.41, 5.74) is 4.20. The highest BCUT2D eigenvalue weighted by Gasteiger charge is 2.28. The van der Waals surface area contributed by atoms with Gasteiger partial charge in [-0.1, -0.05) is 24.3 Å². The molecule has 1 N–H and O–H groups in total. The number of carbonyl (C=O) groups is 1. The van der Waals surface area contributed by atoms with Gasteiger partial charge in [-0.3, -0.25) is 9.10 Å². The van der Waals surface area contributed by atoms with Crippen molar-refractivity contribution >= 4 is 33.4 Å². The second-order valence-electron chi connectivity index (χ2n) is 8.43. The summed E-state index contributed by atoms with van der Waals surface area (Å²) in [6, 6.07) is 14.9. The molecule has 1 saturated heterocycles. The molecule has 0 spiro atoms. The lowest BCUT2D eigenvalue weighted by molar-refractivity contribution is -0.111. The highest BCUT2D eigenvalue weighted by Crippen LogP contribution is 2.25. The van der Waals surface area contributed by atoms with E-state index in [4.69, 9.17) is 4.98 Å². The summed E-state index contributed by atoms with van der Waals surface area (Å²) < 4.78 is 27.7. The van der Waals surface area contributed by atoms with Gasteiger partial charge in [0.1, 0.15) is 5.82 Å². The Labute approximate surface area is 193 Å². The molecular formula is C25H26N4O3S. The van der Waals surface area contributed by atoms with Gasteiger partial charge in [0, 0.05) is 43.0 Å². The minimum Gasteiger partial charge on any atom is -0.334 e. The summed E-state index contributed by atoms with van der Waals surface area (Å²) in [5, 5.41) is 2.87. The van der Waals surface area contributed by atoms with Crippen LogP contribution in [0.3, 0.4) is 0 Å². The molecule has 3 heterocycles. The minimum atomic E-state index is -3.19. The van der Waals surface area contributed by atoms with E-state index in [0.29, 0.717) is 24.3 Å². The van der Waals surface area contributed by atoms with Crippen molar-refractivity contribution in [1.29, 1.82) is 0 Å². The Balaban J connectivity index is 1.20. The highest BCUT2D eigenvalue weighted by molar-refractivity contribution is 7.93. The topological polar surface area (TPSA) is 84.3 Å². The maximum Gasteiger partial charge on any atom is 0.248 e. The van der Waals surface area contributed by atoms with Gasteiger partial charge in [-0.15, -0.1) is 0 Å². The maximum atomic E-state index is 12.3. The van der Waals surface area contributed by atoms with E-state index in [2.05, 4.69) is 16.1 Å². The Bertz CT molecular complexity index is 1270. The monoisotopic (exact) mass is 462 g/mol. The number of hydrogen-bond donors (Lipinski definition) is 1. The Morgan fingerprint density at radius 1 is 0.970 bits per heavy atom. The van der Waals surface area contributed by atoms with E-state index in [-0.39, 0.29) is 11.7 Å². The van der Waals surface area contributed by atoms with Crippen LogP contribution >= 0.6 is 0 Å². The number of fused-ring (bicyclic) bond motifs is 1. The van der Waals surface area contributed by atoms with E-state index >= 15 is 0 Å². The van der Waals surface area contributed by atoms with Gasteiger partial charge in [0.05, 0.1) is 17.1 Å². The van der Waals surface area contributed by atoms with Crippen LogP contribution < -0.4 is 9.62 Å². The van der Waals surface area contributed by atoms with Gasteiger partial charge in [-0.25, -0.2) is 13.4 Å². The van der Waals surface area contributed by atoms with Crippen LogP contribution in [0.15, 0.2) is 60.8 Å². The molecule has 0 atom stereocenters. The average molecular weight is 463 g/mol. The first kappa shape index (κ1) is 21.5. The van der Waals surface area contributed by atoms with Crippen molar-refractivity contribution in [2.45, 2.75) is 32.2 Å². The van der Waals surface area contributed by atoms with Gasteiger partial charge in [0.2, 0.25) is 15.9 Å². The number of aromatic nitrogens is 2. The third-order valence-electron chi connectivity index (χ3n) is 6.06. The summed E-state index contributed by atoms with van der Waals surface area (Å²) in [7, 11) is -3.19. The molecule has 1 amide bonds. The van der Waals surface area contributed by atoms with Crippen LogP contribution in [0.2, 0.25) is 0 Å². The van der Waals surface area contributed by atoms with Gasteiger partial charge in [-0.05, 0) is 55.2 Å². The lowest BCUT2D eigenvalue weighted by Crippen LogP contribution is -2.24. The largest absolute Gasteiger partial charge is 0.334 e. The van der Waals surface area contributed by atoms with Crippen LogP contribution in [0.1, 0.15) is 30.7 Å². The number of benzene rings is 2. The van der Waals surface area contributed by atoms with Crippen molar-refractivity contribution in [2.24, 2.45) is 0 Å². The Hall–Kier alpha value is -3.39. The first-order chi connectivity index (χ1) is 16.0. The molecule has 0 saturated carbocycles. The van der Waals surface area contributed by atoms with Crippen LogP contribution in [-0.2, 0) is 27.8 Å². The Morgan fingerprint density at radius 3 is 2.45 bits per heavy atom. The van der Waals surface area contributed by atoms with Crippen molar-refractivity contribution in [2.75, 3.05) is 21.9 Å². The third kappa shape index (κ3) is 4.71. The van der Waals surface area contributed by atoms with E-state index in [1.54, 1.807) is 18.2 Å². The van der Waals surface area contributed by atoms with Crippen LogP contribution in [0.5, 0.6) is 0 Å². The average Bonchev–Trinajstić information content (AvgIpc) is 3.41. The molecule has 2 aliphatic heterocycles. The number of rotatable bonds is 5. The van der Waals surface area contributed by atoms with Crippen LogP contribution in [0.4, 0.5) is 11.4 Å². The molecule has 1 fully saturated rings. The summed E-state index contributed by atoms with van der Waals surface area (Å²) in [6.07, 6.45) is 9.36. The van der Waals surface area contributed by atoms with Crippen molar-refractivity contribution in [3.63, 3.8) is 0 Å². The molecular weight excluding hydrogens is 436 g/mol. The molecule has 33 heavy (non-hydrogen) atoms. The number of carbonyl (C=O) groups excluding carboxylic acids is 1. The van der Waals surface area contributed by atoms with Crippen LogP contribution in [-0.4, -0.2) is 36.2 Å². The predicted octanol–water partition coefficient (Wildman–Crippen LogP) is 4.08. The fourth-order valence-electron chi connectivity index (χ4n) is 4.31. The summed E-state index contributed by atoms with van der Waals surface area (Å²) in [4.78, 5) is 17.1. The smallest absolute Gasteiger partial charge is 0.248 e. The number of hydrogen-bond acceptors (Lipinski definition) is 4. The van der Waals surface area contributed by atoms with E-state index in [1.807, 2.05) is 36.4 Å². The minimum absolute atomic E-state index is 0.195. The van der Waals surface area contributed by atoms with E-state index < -0.39 is 10.0 Å². The SMILES string of the molecule is O=C(/C=C/c1ccc(N2CCCS2(=O)=O)cc1)Nc1ccc(-c2cn3c(n2)CCCC3)cc1. The van der Waals surface area contributed by atoms with E-state index in [1.165, 1.54) is 23.2 Å². The highest BCUT2D eigenvalue weighted by atomic mass is 32.2. The molecule has 1 aromatic heterocycles. The van der Waals surface area contributed by atoms with E-state index in [0.717, 1.165) is 35.6 Å². The van der Waals surface area contributed by atoms with Crippen molar-refractivity contribution in [3.05, 3.63) is 72.2 Å². The van der Waals surface area contributed by atoms with Crippen molar-refractivity contribution in [1.82, 2.24) is 9.55 Å². The summed E-state index contributed by atoms with van der Waals surface area (Å²) in [6.45, 7) is 1.55. The van der Waals surface area contributed by atoms with Gasteiger partial charge < -0.3 is 9.88 Å². The number of aryl methyl sites for hydroxylation is 2. The first-order valence-corrected chi connectivity index (χ1v) is 12.8. The van der Waals surface area contributed by atoms with E-state index in [9.17, 15) is 13.2 Å². The number of sulfonamides is 1. The molecule has 5 rings (SSSR count). The lowest BCUT2D eigenvalue weighted by Gasteiger charge is -2.16. The van der Waals surface area contributed by atoms with Gasteiger partial charge in [0.25, 0.3) is 0 Å². The Kier molecular flexibility index (Phi) is 5.76. The molecule has 7 nitrogen and oxygen atoms in total. The van der Waals surface area contributed by atoms with Gasteiger partial charge in [0.15, 0.2) is 0 Å². The summed E-state index contributed by atoms with van der Waals surface area (Å²) >= 11 is 0. The number of amides is 1. The zero-order chi connectivity index (χ0) is 22.8. The molecule has 0 radical (unpaired) electrons. The fourth-order valence-corrected chi connectivity index (χ4v) is 5.88. The lowest BCUT2D eigenvalue weighted by atomic mass is 10.1. The molecule has 0 unspecified atom stereocenters. The Morgan fingerprint density at radius 2 is 1.76 bits per heavy atom.